The molecular weight excluding hydrogens is 267 g/mol. The summed E-state index contributed by atoms with van der Waals surface area (Å²) >= 11 is 0. The predicted molar refractivity (Wildman–Crippen MR) is 72.5 cm³/mol. The SMILES string of the molecule is Cc1cc2nc(C(F)(F)F)n(CC(C)(C)N)c2cc1C. The van der Waals surface area contributed by atoms with Crippen molar-refractivity contribution in [1.29, 1.82) is 0 Å². The fourth-order valence-electron chi connectivity index (χ4n) is 2.16. The number of aryl methyl sites for hydroxylation is 2. The van der Waals surface area contributed by atoms with Crippen LogP contribution >= 0.6 is 0 Å². The lowest BCUT2D eigenvalue weighted by Gasteiger charge is -2.22. The average Bonchev–Trinajstić information content (AvgIpc) is 2.55. The molecule has 0 unspecified atom stereocenters. The van der Waals surface area contributed by atoms with Gasteiger partial charge in [-0.25, -0.2) is 4.98 Å². The topological polar surface area (TPSA) is 43.8 Å². The monoisotopic (exact) mass is 285 g/mol. The van der Waals surface area contributed by atoms with Crippen LogP contribution in [0.5, 0.6) is 0 Å². The summed E-state index contributed by atoms with van der Waals surface area (Å²) in [6.07, 6.45) is -4.49. The fraction of sp³-hybridized carbons (Fsp3) is 0.500. The summed E-state index contributed by atoms with van der Waals surface area (Å²) in [5, 5.41) is 0. The first-order valence-corrected chi connectivity index (χ1v) is 6.32. The van der Waals surface area contributed by atoms with Gasteiger partial charge in [-0.2, -0.15) is 13.2 Å². The molecule has 110 valence electrons. The van der Waals surface area contributed by atoms with Gasteiger partial charge in [0.2, 0.25) is 5.82 Å². The highest BCUT2D eigenvalue weighted by Crippen LogP contribution is 2.33. The first-order valence-electron chi connectivity index (χ1n) is 6.32. The maximum absolute atomic E-state index is 13.1. The molecule has 0 aliphatic rings. The number of aromatic nitrogens is 2. The minimum atomic E-state index is -4.49. The van der Waals surface area contributed by atoms with E-state index in [4.69, 9.17) is 5.73 Å². The molecule has 1 aromatic carbocycles. The van der Waals surface area contributed by atoms with Crippen molar-refractivity contribution in [3.8, 4) is 0 Å². The standard InChI is InChI=1S/C14H18F3N3/c1-8-5-10-11(6-9(8)2)20(7-13(3,4)18)12(19-10)14(15,16)17/h5-6H,7,18H2,1-4H3. The molecule has 3 nitrogen and oxygen atoms in total. The minimum absolute atomic E-state index is 0.0564. The van der Waals surface area contributed by atoms with Gasteiger partial charge in [-0.05, 0) is 51.0 Å². The zero-order valence-electron chi connectivity index (χ0n) is 12.0. The molecule has 1 heterocycles. The lowest BCUT2D eigenvalue weighted by atomic mass is 10.1. The van der Waals surface area contributed by atoms with Gasteiger partial charge in [0.05, 0.1) is 11.0 Å². The van der Waals surface area contributed by atoms with Gasteiger partial charge < -0.3 is 10.3 Å². The Kier molecular flexibility index (Phi) is 3.32. The Balaban J connectivity index is 2.75. The van der Waals surface area contributed by atoms with Crippen molar-refractivity contribution in [1.82, 2.24) is 9.55 Å². The normalized spacial score (nSPS) is 13.2. The van der Waals surface area contributed by atoms with E-state index in [-0.39, 0.29) is 6.54 Å². The molecule has 2 rings (SSSR count). The smallest absolute Gasteiger partial charge is 0.324 e. The van der Waals surface area contributed by atoms with E-state index in [9.17, 15) is 13.2 Å². The molecule has 0 fully saturated rings. The number of hydrogen-bond donors (Lipinski definition) is 1. The number of rotatable bonds is 2. The average molecular weight is 285 g/mol. The summed E-state index contributed by atoms with van der Waals surface area (Å²) in [4.78, 5) is 3.75. The molecule has 0 amide bonds. The zero-order chi connectivity index (χ0) is 15.3. The quantitative estimate of drug-likeness (QED) is 0.919. The van der Waals surface area contributed by atoms with Crippen LogP contribution in [0.15, 0.2) is 12.1 Å². The number of nitrogens with two attached hydrogens (primary N) is 1. The molecule has 0 saturated heterocycles. The lowest BCUT2D eigenvalue weighted by Crippen LogP contribution is -2.38. The molecule has 2 aromatic rings. The lowest BCUT2D eigenvalue weighted by molar-refractivity contribution is -0.147. The largest absolute Gasteiger partial charge is 0.449 e. The molecule has 20 heavy (non-hydrogen) atoms. The minimum Gasteiger partial charge on any atom is -0.324 e. The van der Waals surface area contributed by atoms with Crippen LogP contribution in [0.3, 0.4) is 0 Å². The number of fused-ring (bicyclic) bond motifs is 1. The van der Waals surface area contributed by atoms with Crippen LogP contribution in [-0.4, -0.2) is 15.1 Å². The molecule has 0 saturated carbocycles. The van der Waals surface area contributed by atoms with E-state index < -0.39 is 17.5 Å². The number of imidazole rings is 1. The summed E-state index contributed by atoms with van der Waals surface area (Å²) in [6.45, 7) is 7.17. The summed E-state index contributed by atoms with van der Waals surface area (Å²) < 4.78 is 40.6. The van der Waals surface area contributed by atoms with E-state index in [0.29, 0.717) is 11.0 Å². The maximum Gasteiger partial charge on any atom is 0.449 e. The first kappa shape index (κ1) is 14.8. The van der Waals surface area contributed by atoms with Gasteiger partial charge in [0.15, 0.2) is 0 Å². The highest BCUT2D eigenvalue weighted by Gasteiger charge is 2.38. The Hall–Kier alpha value is -1.56. The van der Waals surface area contributed by atoms with Gasteiger partial charge in [-0.1, -0.05) is 0 Å². The highest BCUT2D eigenvalue weighted by atomic mass is 19.4. The summed E-state index contributed by atoms with van der Waals surface area (Å²) in [7, 11) is 0. The first-order chi connectivity index (χ1) is 8.99. The van der Waals surface area contributed by atoms with Crippen LogP contribution in [0.1, 0.15) is 30.8 Å². The van der Waals surface area contributed by atoms with Crippen molar-refractivity contribution in [2.45, 2.75) is 46.0 Å². The van der Waals surface area contributed by atoms with Crippen molar-refractivity contribution in [2.75, 3.05) is 0 Å². The molecule has 0 aliphatic heterocycles. The third-order valence-corrected chi connectivity index (χ3v) is 3.18. The molecule has 0 bridgehead atoms. The number of hydrogen-bond acceptors (Lipinski definition) is 2. The number of alkyl halides is 3. The van der Waals surface area contributed by atoms with Crippen LogP contribution in [-0.2, 0) is 12.7 Å². The van der Waals surface area contributed by atoms with Gasteiger partial charge >= 0.3 is 6.18 Å². The molecule has 0 radical (unpaired) electrons. The molecule has 2 N–H and O–H groups in total. The van der Waals surface area contributed by atoms with E-state index >= 15 is 0 Å². The Bertz CT molecular complexity index is 648. The van der Waals surface area contributed by atoms with E-state index in [1.165, 1.54) is 4.57 Å². The van der Waals surface area contributed by atoms with Crippen LogP contribution in [0.2, 0.25) is 0 Å². The Morgan fingerprint density at radius 1 is 1.15 bits per heavy atom. The second kappa shape index (κ2) is 4.48. The van der Waals surface area contributed by atoms with Crippen LogP contribution in [0.25, 0.3) is 11.0 Å². The van der Waals surface area contributed by atoms with E-state index in [0.717, 1.165) is 11.1 Å². The number of halogens is 3. The van der Waals surface area contributed by atoms with Crippen molar-refractivity contribution in [2.24, 2.45) is 5.73 Å². The Morgan fingerprint density at radius 3 is 2.20 bits per heavy atom. The van der Waals surface area contributed by atoms with Crippen molar-refractivity contribution in [3.63, 3.8) is 0 Å². The zero-order valence-corrected chi connectivity index (χ0v) is 12.0. The second-order valence-electron chi connectivity index (χ2n) is 5.93. The molecular formula is C14H18F3N3. The summed E-state index contributed by atoms with van der Waals surface area (Å²) in [6, 6.07) is 3.42. The van der Waals surface area contributed by atoms with Gasteiger partial charge in [-0.15, -0.1) is 0 Å². The summed E-state index contributed by atoms with van der Waals surface area (Å²) in [5.41, 5.74) is 7.80. The number of nitrogens with zero attached hydrogens (tertiary/aromatic N) is 2. The predicted octanol–water partition coefficient (Wildman–Crippen LogP) is 3.41. The second-order valence-corrected chi connectivity index (χ2v) is 5.93. The van der Waals surface area contributed by atoms with E-state index in [2.05, 4.69) is 4.98 Å². The van der Waals surface area contributed by atoms with Crippen molar-refractivity contribution >= 4 is 11.0 Å². The maximum atomic E-state index is 13.1. The summed E-state index contributed by atoms with van der Waals surface area (Å²) in [5.74, 6) is -0.893. The van der Waals surface area contributed by atoms with E-state index in [1.54, 1.807) is 26.0 Å². The molecule has 1 aromatic heterocycles. The molecule has 6 heteroatoms. The molecule has 0 atom stereocenters. The highest BCUT2D eigenvalue weighted by molar-refractivity contribution is 5.78. The van der Waals surface area contributed by atoms with E-state index in [1.807, 2.05) is 13.8 Å². The van der Waals surface area contributed by atoms with Gasteiger partial charge in [-0.3, -0.25) is 0 Å². The van der Waals surface area contributed by atoms with Crippen molar-refractivity contribution in [3.05, 3.63) is 29.1 Å². The Morgan fingerprint density at radius 2 is 1.70 bits per heavy atom. The van der Waals surface area contributed by atoms with Gasteiger partial charge in [0.1, 0.15) is 0 Å². The third-order valence-electron chi connectivity index (χ3n) is 3.18. The fourth-order valence-corrected chi connectivity index (χ4v) is 2.16. The molecule has 0 aliphatic carbocycles. The van der Waals surface area contributed by atoms with Crippen LogP contribution in [0.4, 0.5) is 13.2 Å². The molecule has 0 spiro atoms. The van der Waals surface area contributed by atoms with Gasteiger partial charge in [0.25, 0.3) is 0 Å². The third kappa shape index (κ3) is 2.80. The number of benzene rings is 1. The van der Waals surface area contributed by atoms with Crippen molar-refractivity contribution < 1.29 is 13.2 Å². The van der Waals surface area contributed by atoms with Crippen LogP contribution < -0.4 is 5.73 Å². The van der Waals surface area contributed by atoms with Crippen LogP contribution in [0, 0.1) is 13.8 Å². The Labute approximate surface area is 115 Å². The van der Waals surface area contributed by atoms with Gasteiger partial charge in [0, 0.05) is 12.1 Å².